The quantitative estimate of drug-likeness (QED) is 0.399. The number of para-hydroxylation sites is 1. The van der Waals surface area contributed by atoms with Crippen LogP contribution in [0.15, 0.2) is 84.9 Å². The fourth-order valence-corrected chi connectivity index (χ4v) is 4.05. The second kappa shape index (κ2) is 7.65. The highest BCUT2D eigenvalue weighted by Crippen LogP contribution is 2.33. The summed E-state index contributed by atoms with van der Waals surface area (Å²) in [5.74, 6) is 1.15. The van der Waals surface area contributed by atoms with Crippen LogP contribution < -0.4 is 10.5 Å². The Hall–Kier alpha value is -4.05. The number of aryl methyl sites for hydroxylation is 1. The van der Waals surface area contributed by atoms with Gasteiger partial charge in [-0.05, 0) is 66.6 Å². The standard InChI is InChI=1S/C27H21N2O2/c1-18-13-14-22-25(15-18)29(24-12-6-11-23(26(22)24)27(28)30)17-19-7-5-10-21(16-19)31-20-8-3-2-4-9-20/h2-13,15-16H,17H2,1H3,(H2,28,30). The number of fused-ring (bicyclic) bond motifs is 3. The van der Waals surface area contributed by atoms with Gasteiger partial charge >= 0.3 is 0 Å². The van der Waals surface area contributed by atoms with Gasteiger partial charge in [0.05, 0.1) is 11.0 Å². The Kier molecular flexibility index (Phi) is 4.68. The molecule has 1 radical (unpaired) electrons. The summed E-state index contributed by atoms with van der Waals surface area (Å²) in [5, 5.41) is 1.76. The van der Waals surface area contributed by atoms with Crippen molar-refractivity contribution in [1.29, 1.82) is 0 Å². The minimum absolute atomic E-state index is 0.433. The number of ether oxygens (including phenoxy) is 1. The summed E-state index contributed by atoms with van der Waals surface area (Å²) in [7, 11) is 0. The Bertz CT molecular complexity index is 1420. The van der Waals surface area contributed by atoms with Crippen molar-refractivity contribution in [3.05, 3.63) is 108 Å². The van der Waals surface area contributed by atoms with Crippen LogP contribution in [0.4, 0.5) is 0 Å². The Morgan fingerprint density at radius 3 is 2.52 bits per heavy atom. The number of rotatable bonds is 5. The van der Waals surface area contributed by atoms with Crippen LogP contribution in [0.5, 0.6) is 11.5 Å². The molecule has 31 heavy (non-hydrogen) atoms. The zero-order chi connectivity index (χ0) is 21.4. The summed E-state index contributed by atoms with van der Waals surface area (Å²) in [5.41, 5.74) is 10.4. The highest BCUT2D eigenvalue weighted by molar-refractivity contribution is 6.17. The third kappa shape index (κ3) is 3.53. The van der Waals surface area contributed by atoms with Gasteiger partial charge in [0.2, 0.25) is 5.91 Å². The number of benzene rings is 4. The fourth-order valence-electron chi connectivity index (χ4n) is 4.05. The van der Waals surface area contributed by atoms with Gasteiger partial charge in [0, 0.05) is 22.9 Å². The zero-order valence-electron chi connectivity index (χ0n) is 17.1. The Morgan fingerprint density at radius 1 is 0.935 bits per heavy atom. The summed E-state index contributed by atoms with van der Waals surface area (Å²) >= 11 is 0. The number of primary amides is 1. The molecular weight excluding hydrogens is 384 g/mol. The minimum atomic E-state index is -0.433. The first-order chi connectivity index (χ1) is 15.1. The van der Waals surface area contributed by atoms with E-state index in [-0.39, 0.29) is 0 Å². The molecule has 4 nitrogen and oxygen atoms in total. The van der Waals surface area contributed by atoms with Crippen molar-refractivity contribution in [1.82, 2.24) is 4.57 Å². The van der Waals surface area contributed by atoms with Gasteiger partial charge in [0.25, 0.3) is 0 Å². The van der Waals surface area contributed by atoms with Gasteiger partial charge in [0.1, 0.15) is 11.5 Å². The van der Waals surface area contributed by atoms with Gasteiger partial charge < -0.3 is 15.0 Å². The molecule has 1 amide bonds. The first-order valence-electron chi connectivity index (χ1n) is 10.1. The maximum Gasteiger partial charge on any atom is 0.249 e. The third-order valence-corrected chi connectivity index (χ3v) is 5.42. The molecule has 4 heteroatoms. The smallest absolute Gasteiger partial charge is 0.249 e. The predicted octanol–water partition coefficient (Wildman–Crippen LogP) is 5.84. The van der Waals surface area contributed by atoms with E-state index in [1.165, 1.54) is 0 Å². The molecule has 0 aliphatic carbocycles. The van der Waals surface area contributed by atoms with Crippen molar-refractivity contribution in [2.45, 2.75) is 13.5 Å². The molecular formula is C27H21N2O2. The summed E-state index contributed by atoms with van der Waals surface area (Å²) in [6, 6.07) is 30.9. The van der Waals surface area contributed by atoms with Crippen LogP contribution in [0.3, 0.4) is 0 Å². The second-order valence-electron chi connectivity index (χ2n) is 7.65. The summed E-state index contributed by atoms with van der Waals surface area (Å²) in [4.78, 5) is 12.1. The van der Waals surface area contributed by atoms with E-state index in [1.807, 2.05) is 73.7 Å². The normalized spacial score (nSPS) is 11.1. The third-order valence-electron chi connectivity index (χ3n) is 5.42. The van der Waals surface area contributed by atoms with Crippen molar-refractivity contribution >= 4 is 27.7 Å². The van der Waals surface area contributed by atoms with Gasteiger partial charge in [-0.1, -0.05) is 42.5 Å². The van der Waals surface area contributed by atoms with Crippen LogP contribution in [-0.2, 0) is 6.54 Å². The highest BCUT2D eigenvalue weighted by Gasteiger charge is 2.17. The van der Waals surface area contributed by atoms with E-state index in [1.54, 1.807) is 6.07 Å². The average Bonchev–Trinajstić information content (AvgIpc) is 3.07. The first-order valence-corrected chi connectivity index (χ1v) is 10.1. The van der Waals surface area contributed by atoms with Crippen LogP contribution in [0.25, 0.3) is 21.8 Å². The minimum Gasteiger partial charge on any atom is -0.457 e. The number of nitrogens with zero attached hydrogens (tertiary/aromatic N) is 1. The van der Waals surface area contributed by atoms with Crippen molar-refractivity contribution in [3.63, 3.8) is 0 Å². The lowest BCUT2D eigenvalue weighted by atomic mass is 10.1. The van der Waals surface area contributed by atoms with E-state index in [2.05, 4.69) is 22.8 Å². The molecule has 1 aromatic heterocycles. The van der Waals surface area contributed by atoms with Crippen LogP contribution in [0.2, 0.25) is 0 Å². The van der Waals surface area contributed by atoms with Crippen molar-refractivity contribution in [2.75, 3.05) is 0 Å². The molecule has 0 fully saturated rings. The summed E-state index contributed by atoms with van der Waals surface area (Å²) in [6.45, 7) is 2.67. The van der Waals surface area contributed by atoms with Crippen LogP contribution in [-0.4, -0.2) is 10.5 Å². The number of hydrogen-bond acceptors (Lipinski definition) is 2. The van der Waals surface area contributed by atoms with Gasteiger partial charge in [-0.3, -0.25) is 4.79 Å². The number of aromatic nitrogens is 1. The predicted molar refractivity (Wildman–Crippen MR) is 124 cm³/mol. The van der Waals surface area contributed by atoms with Crippen molar-refractivity contribution in [3.8, 4) is 11.5 Å². The lowest BCUT2D eigenvalue weighted by Gasteiger charge is -2.11. The van der Waals surface area contributed by atoms with E-state index in [4.69, 9.17) is 10.5 Å². The van der Waals surface area contributed by atoms with E-state index in [9.17, 15) is 4.79 Å². The van der Waals surface area contributed by atoms with Crippen LogP contribution in [0, 0.1) is 13.0 Å². The number of carbonyl (C=O) groups is 1. The fraction of sp³-hybridized carbons (Fsp3) is 0.0741. The molecule has 0 aliphatic rings. The van der Waals surface area contributed by atoms with Crippen molar-refractivity contribution in [2.24, 2.45) is 5.73 Å². The van der Waals surface area contributed by atoms with Gasteiger partial charge in [-0.25, -0.2) is 0 Å². The Morgan fingerprint density at radius 2 is 1.71 bits per heavy atom. The van der Waals surface area contributed by atoms with Crippen LogP contribution >= 0.6 is 0 Å². The molecule has 4 aromatic carbocycles. The van der Waals surface area contributed by atoms with Gasteiger partial charge in [0.15, 0.2) is 0 Å². The highest BCUT2D eigenvalue weighted by atomic mass is 16.5. The van der Waals surface area contributed by atoms with E-state index in [0.717, 1.165) is 44.4 Å². The second-order valence-corrected chi connectivity index (χ2v) is 7.65. The molecule has 0 aliphatic heterocycles. The number of hydrogen-bond donors (Lipinski definition) is 1. The van der Waals surface area contributed by atoms with Gasteiger partial charge in [-0.2, -0.15) is 0 Å². The Balaban J connectivity index is 1.62. The van der Waals surface area contributed by atoms with E-state index in [0.29, 0.717) is 12.1 Å². The zero-order valence-corrected chi connectivity index (χ0v) is 17.1. The van der Waals surface area contributed by atoms with Crippen molar-refractivity contribution < 1.29 is 9.53 Å². The Labute approximate surface area is 180 Å². The topological polar surface area (TPSA) is 57.2 Å². The SMILES string of the molecule is Cc1c[c]c2c3c(C(N)=O)cccc3n(Cc3cccc(Oc4ccccc4)c3)c2c1. The van der Waals surface area contributed by atoms with E-state index < -0.39 is 5.91 Å². The molecule has 0 bridgehead atoms. The molecule has 0 atom stereocenters. The lowest BCUT2D eigenvalue weighted by molar-refractivity contribution is 0.100. The lowest BCUT2D eigenvalue weighted by Crippen LogP contribution is -2.11. The molecule has 1 heterocycles. The molecule has 5 rings (SSSR count). The molecule has 0 unspecified atom stereocenters. The summed E-state index contributed by atoms with van der Waals surface area (Å²) < 4.78 is 8.22. The molecule has 151 valence electrons. The largest absolute Gasteiger partial charge is 0.457 e. The average molecular weight is 405 g/mol. The van der Waals surface area contributed by atoms with Gasteiger partial charge in [-0.15, -0.1) is 0 Å². The maximum absolute atomic E-state index is 12.1. The van der Waals surface area contributed by atoms with Crippen LogP contribution in [0.1, 0.15) is 21.5 Å². The van der Waals surface area contributed by atoms with E-state index >= 15 is 0 Å². The molecule has 2 N–H and O–H groups in total. The molecule has 0 saturated heterocycles. The first kappa shape index (κ1) is 18.9. The molecule has 5 aromatic rings. The maximum atomic E-state index is 12.1. The number of amides is 1. The number of carbonyl (C=O) groups excluding carboxylic acids is 1. The monoisotopic (exact) mass is 405 g/mol. The molecule has 0 spiro atoms. The molecule has 0 saturated carbocycles. The summed E-state index contributed by atoms with van der Waals surface area (Å²) in [6.07, 6.45) is 0. The number of nitrogens with two attached hydrogens (primary N) is 1.